The van der Waals surface area contributed by atoms with Crippen molar-refractivity contribution in [3.63, 3.8) is 0 Å². The lowest BCUT2D eigenvalue weighted by Gasteiger charge is -2.10. The van der Waals surface area contributed by atoms with Gasteiger partial charge >= 0.3 is 0 Å². The van der Waals surface area contributed by atoms with Crippen molar-refractivity contribution in [2.75, 3.05) is 10.6 Å². The quantitative estimate of drug-likeness (QED) is 0.133. The van der Waals surface area contributed by atoms with Crippen molar-refractivity contribution in [3.8, 4) is 0 Å². The summed E-state index contributed by atoms with van der Waals surface area (Å²) in [4.78, 5) is 49.2. The van der Waals surface area contributed by atoms with Crippen LogP contribution in [0.15, 0.2) is 146 Å². The second-order valence-corrected chi connectivity index (χ2v) is 13.5. The Bertz CT molecular complexity index is 2250. The Kier molecular flexibility index (Phi) is 18.3. The average molecular weight is 820 g/mol. The van der Waals surface area contributed by atoms with Crippen molar-refractivity contribution in [1.29, 1.82) is 0 Å². The molecule has 0 atom stereocenters. The first-order valence-electron chi connectivity index (χ1n) is 18.4. The molecule has 0 spiro atoms. The van der Waals surface area contributed by atoms with E-state index in [2.05, 4.69) is 21.3 Å². The topological polar surface area (TPSA) is 124 Å². The van der Waals surface area contributed by atoms with E-state index in [1.54, 1.807) is 58.2 Å². The van der Waals surface area contributed by atoms with Gasteiger partial charge in [-0.25, -0.2) is 0 Å². The second-order valence-electron chi connectivity index (χ2n) is 13.5. The predicted molar refractivity (Wildman–Crippen MR) is 218 cm³/mol. The molecule has 0 radical (unpaired) electrons. The number of pyridine rings is 2. The Labute approximate surface area is 352 Å². The number of halogens is 2. The Morgan fingerprint density at radius 2 is 0.862 bits per heavy atom. The van der Waals surface area contributed by atoms with Crippen molar-refractivity contribution < 1.29 is 53.1 Å². The summed E-state index contributed by atoms with van der Waals surface area (Å²) in [5.74, 6) is -0.504. The molecule has 4 aromatic carbocycles. The van der Waals surface area contributed by atoms with Gasteiger partial charge in [0.05, 0.1) is 11.1 Å². The van der Waals surface area contributed by atoms with Gasteiger partial charge in [-0.1, -0.05) is 91.0 Å². The van der Waals surface area contributed by atoms with Crippen LogP contribution in [-0.4, -0.2) is 23.6 Å². The number of para-hydroxylation sites is 1. The average Bonchev–Trinajstić information content (AvgIpc) is 3.21. The van der Waals surface area contributed by atoms with Gasteiger partial charge in [-0.3, -0.25) is 19.2 Å². The normalized spacial score (nSPS) is 10.0. The van der Waals surface area contributed by atoms with E-state index < -0.39 is 0 Å². The zero-order chi connectivity index (χ0) is 39.9. The number of benzene rings is 4. The number of anilines is 2. The van der Waals surface area contributed by atoms with Gasteiger partial charge in [0.25, 0.3) is 23.6 Å². The molecular formula is C46H48Cl2N6O4. The van der Waals surface area contributed by atoms with Crippen LogP contribution < -0.4 is 55.2 Å². The minimum Gasteiger partial charge on any atom is -1.00 e. The van der Waals surface area contributed by atoms with Gasteiger partial charge in [-0.2, -0.15) is 9.13 Å². The first-order valence-corrected chi connectivity index (χ1v) is 18.4. The smallest absolute Gasteiger partial charge is 0.290 e. The van der Waals surface area contributed by atoms with E-state index >= 15 is 0 Å². The van der Waals surface area contributed by atoms with Crippen molar-refractivity contribution in [2.24, 2.45) is 0 Å². The summed E-state index contributed by atoms with van der Waals surface area (Å²) in [6.45, 7) is 9.26. The number of hydrogen-bond donors (Lipinski definition) is 4. The first-order chi connectivity index (χ1) is 27.0. The molecule has 2 heterocycles. The Balaban J connectivity index is 0.000000300. The molecule has 4 amide bonds. The lowest BCUT2D eigenvalue weighted by molar-refractivity contribution is -0.684. The maximum atomic E-state index is 12.4. The van der Waals surface area contributed by atoms with Gasteiger partial charge in [0.1, 0.15) is 0 Å². The number of carbonyl (C=O) groups is 4. The van der Waals surface area contributed by atoms with Crippen molar-refractivity contribution >= 4 is 35.0 Å². The van der Waals surface area contributed by atoms with E-state index in [0.29, 0.717) is 24.2 Å². The van der Waals surface area contributed by atoms with Gasteiger partial charge in [-0.05, 0) is 67.1 Å². The lowest BCUT2D eigenvalue weighted by atomic mass is 10.1. The van der Waals surface area contributed by atoms with Crippen LogP contribution in [0.1, 0.15) is 54.1 Å². The zero-order valence-electron chi connectivity index (χ0n) is 33.0. The molecule has 12 heteroatoms. The molecule has 6 rings (SSSR count). The van der Waals surface area contributed by atoms with E-state index in [0.717, 1.165) is 44.8 Å². The van der Waals surface area contributed by atoms with Crippen LogP contribution in [0.5, 0.6) is 0 Å². The van der Waals surface area contributed by atoms with Crippen LogP contribution in [-0.2, 0) is 35.8 Å². The number of aromatic nitrogens is 2. The summed E-state index contributed by atoms with van der Waals surface area (Å²) in [5.41, 5.74) is 9.14. The van der Waals surface area contributed by atoms with E-state index in [1.807, 2.05) is 125 Å². The molecule has 300 valence electrons. The van der Waals surface area contributed by atoms with E-state index in [9.17, 15) is 19.2 Å². The molecule has 2 aromatic heterocycles. The molecular weight excluding hydrogens is 771 g/mol. The molecule has 58 heavy (non-hydrogen) atoms. The summed E-state index contributed by atoms with van der Waals surface area (Å²) in [5, 5.41) is 11.7. The third kappa shape index (κ3) is 14.0. The number of amides is 4. The molecule has 6 aromatic rings. The van der Waals surface area contributed by atoms with Gasteiger partial charge in [0.2, 0.25) is 13.1 Å². The van der Waals surface area contributed by atoms with E-state index in [-0.39, 0.29) is 61.5 Å². The Hall–Kier alpha value is -6.36. The Morgan fingerprint density at radius 1 is 0.466 bits per heavy atom. The number of hydrogen-bond acceptors (Lipinski definition) is 4. The summed E-state index contributed by atoms with van der Waals surface area (Å²) < 4.78 is 3.49. The second kappa shape index (κ2) is 23.0. The fraction of sp³-hybridized carbons (Fsp3) is 0.174. The molecule has 0 saturated heterocycles. The maximum absolute atomic E-state index is 12.4. The lowest BCUT2D eigenvalue weighted by Crippen LogP contribution is -3.00. The molecule has 0 bridgehead atoms. The molecule has 0 fully saturated rings. The molecule has 4 N–H and O–H groups in total. The van der Waals surface area contributed by atoms with Gasteiger partial charge in [0, 0.05) is 48.7 Å². The highest BCUT2D eigenvalue weighted by Crippen LogP contribution is 2.19. The van der Waals surface area contributed by atoms with Crippen LogP contribution in [0.4, 0.5) is 11.4 Å². The summed E-state index contributed by atoms with van der Waals surface area (Å²) >= 11 is 0. The SMILES string of the molecule is Cc1cccc(C)c1NC(=O)C[n+]1ccc(C(=O)NCc2ccccc2)cc1.Cc1cccc(NC(=O)C[n+]2ccc(C(=O)NCc3ccccc3)cc2)c1C.[Cl-].[Cl-]. The third-order valence-corrected chi connectivity index (χ3v) is 9.18. The van der Waals surface area contributed by atoms with Crippen LogP contribution >= 0.6 is 0 Å². The van der Waals surface area contributed by atoms with Crippen LogP contribution in [0.25, 0.3) is 0 Å². The van der Waals surface area contributed by atoms with Crippen molar-refractivity contribution in [1.82, 2.24) is 10.6 Å². The molecule has 0 aliphatic heterocycles. The molecule has 0 aliphatic rings. The summed E-state index contributed by atoms with van der Waals surface area (Å²) in [7, 11) is 0. The minimum atomic E-state index is -0.143. The first kappa shape index (κ1) is 46.0. The van der Waals surface area contributed by atoms with Crippen LogP contribution in [0, 0.1) is 27.7 Å². The van der Waals surface area contributed by atoms with E-state index in [1.165, 1.54) is 0 Å². The van der Waals surface area contributed by atoms with Gasteiger partial charge < -0.3 is 46.1 Å². The zero-order valence-corrected chi connectivity index (χ0v) is 34.5. The molecule has 0 saturated carbocycles. The molecule has 0 unspecified atom stereocenters. The van der Waals surface area contributed by atoms with E-state index in [4.69, 9.17) is 0 Å². The number of carbonyl (C=O) groups excluding carboxylic acids is 4. The third-order valence-electron chi connectivity index (χ3n) is 9.18. The number of nitrogens with zero attached hydrogens (tertiary/aromatic N) is 2. The number of rotatable bonds is 12. The van der Waals surface area contributed by atoms with Gasteiger partial charge in [0.15, 0.2) is 24.8 Å². The number of nitrogens with one attached hydrogen (secondary N) is 4. The van der Waals surface area contributed by atoms with Crippen molar-refractivity contribution in [2.45, 2.75) is 53.9 Å². The largest absolute Gasteiger partial charge is 1.00 e. The molecule has 10 nitrogen and oxygen atoms in total. The predicted octanol–water partition coefficient (Wildman–Crippen LogP) is 0.327. The highest BCUT2D eigenvalue weighted by Gasteiger charge is 2.15. The maximum Gasteiger partial charge on any atom is 0.290 e. The molecule has 0 aliphatic carbocycles. The van der Waals surface area contributed by atoms with Gasteiger partial charge in [-0.15, -0.1) is 0 Å². The summed E-state index contributed by atoms with van der Waals surface area (Å²) in [6, 6.07) is 38.1. The number of aryl methyl sites for hydroxylation is 3. The fourth-order valence-corrected chi connectivity index (χ4v) is 5.79. The fourth-order valence-electron chi connectivity index (χ4n) is 5.79. The monoisotopic (exact) mass is 818 g/mol. The van der Waals surface area contributed by atoms with Crippen molar-refractivity contribution in [3.05, 3.63) is 191 Å². The van der Waals surface area contributed by atoms with Crippen LogP contribution in [0.3, 0.4) is 0 Å². The van der Waals surface area contributed by atoms with Crippen LogP contribution in [0.2, 0.25) is 0 Å². The standard InChI is InChI=1S/2C23H23N3O2.2ClH/c1-17-7-6-8-18(2)22(17)25-21(27)16-26-13-11-20(12-14-26)23(28)24-15-19-9-4-3-5-10-19;1-17-7-6-10-21(18(17)2)25-22(27)16-26-13-11-20(12-14-26)23(28)24-15-19-8-4-3-5-9-19;;/h2*3-14H,15-16H2,1-2H3,(H-,24,25,27,28);2*1H. The highest BCUT2D eigenvalue weighted by molar-refractivity contribution is 5.95. The highest BCUT2D eigenvalue weighted by atomic mass is 35.5. The Morgan fingerprint density at radius 3 is 1.31 bits per heavy atom. The minimum absolute atomic E-state index is 0. The summed E-state index contributed by atoms with van der Waals surface area (Å²) in [6.07, 6.45) is 6.95.